The second-order valence-corrected chi connectivity index (χ2v) is 18.3. The number of hydrogen-bond donors (Lipinski definition) is 0. The number of fused-ring (bicyclic) bond motifs is 6. The van der Waals surface area contributed by atoms with Crippen molar-refractivity contribution in [2.75, 3.05) is 9.80 Å². The van der Waals surface area contributed by atoms with E-state index >= 15 is 0 Å². The van der Waals surface area contributed by atoms with Crippen molar-refractivity contribution >= 4 is 34.1 Å². The molecule has 0 atom stereocenters. The van der Waals surface area contributed by atoms with Gasteiger partial charge < -0.3 is 9.80 Å². The average molecular weight is 818 g/mol. The summed E-state index contributed by atoms with van der Waals surface area (Å²) in [7, 11) is 4.10. The van der Waals surface area contributed by atoms with Crippen molar-refractivity contribution in [3.05, 3.63) is 223 Å². The van der Waals surface area contributed by atoms with Crippen molar-refractivity contribution in [3.63, 3.8) is 0 Å². The lowest BCUT2D eigenvalue weighted by Gasteiger charge is -2.28. The van der Waals surface area contributed by atoms with Gasteiger partial charge in [0, 0.05) is 57.1 Å². The summed E-state index contributed by atoms with van der Waals surface area (Å²) in [5.41, 5.74) is 20.8. The number of hydrogen-bond acceptors (Lipinski definition) is 2. The lowest BCUT2D eigenvalue weighted by atomic mass is 9.79. The van der Waals surface area contributed by atoms with Gasteiger partial charge in [-0.3, -0.25) is 0 Å². The molecule has 63 heavy (non-hydrogen) atoms. The lowest BCUT2D eigenvalue weighted by molar-refractivity contribution is -0.671. The number of rotatable bonds is 8. The third-order valence-electron chi connectivity index (χ3n) is 13.6. The zero-order chi connectivity index (χ0) is 43.0. The van der Waals surface area contributed by atoms with Crippen LogP contribution in [-0.4, -0.2) is 4.57 Å². The molecule has 0 radical (unpaired) electrons. The lowest BCUT2D eigenvalue weighted by Crippen LogP contribution is -2.25. The van der Waals surface area contributed by atoms with Gasteiger partial charge in [-0.15, -0.1) is 0 Å². The average Bonchev–Trinajstić information content (AvgIpc) is 3.91. The molecule has 0 spiro atoms. The smallest absolute Gasteiger partial charge is 0.248 e. The van der Waals surface area contributed by atoms with Gasteiger partial charge in [0.1, 0.15) is 25.1 Å². The van der Waals surface area contributed by atoms with Gasteiger partial charge in [-0.25, -0.2) is 13.7 Å². The first-order chi connectivity index (χ1) is 30.5. The van der Waals surface area contributed by atoms with Crippen LogP contribution in [0.1, 0.15) is 49.9 Å². The van der Waals surface area contributed by atoms with Crippen LogP contribution in [0.5, 0.6) is 0 Å². The van der Waals surface area contributed by atoms with Crippen LogP contribution < -0.4 is 18.9 Å². The number of nitrogens with zero attached hydrogens (tertiary/aromatic N) is 5. The van der Waals surface area contributed by atoms with Crippen molar-refractivity contribution in [3.8, 4) is 39.1 Å². The molecule has 9 aromatic rings. The van der Waals surface area contributed by atoms with Gasteiger partial charge in [-0.05, 0) is 153 Å². The van der Waals surface area contributed by atoms with Crippen molar-refractivity contribution in [2.24, 2.45) is 14.1 Å². The van der Waals surface area contributed by atoms with Gasteiger partial charge in [0.15, 0.2) is 12.4 Å². The highest BCUT2D eigenvalue weighted by Gasteiger charge is 2.42. The molecule has 0 bridgehead atoms. The number of para-hydroxylation sites is 2. The molecular formula is C58H51N5+2. The minimum Gasteiger partial charge on any atom is -0.310 e. The van der Waals surface area contributed by atoms with Gasteiger partial charge in [0.25, 0.3) is 0 Å². The highest BCUT2D eigenvalue weighted by molar-refractivity contribution is 5.92. The summed E-state index contributed by atoms with van der Waals surface area (Å²) in [6.45, 7) is 9.60. The molecule has 5 heteroatoms. The standard InChI is InChI=1S/C58H51N5/c1-57(2)53-35-47(62(43-13-9-7-10-14-43)45-19-17-40(18-20-45)41-29-31-59(5)32-30-41)25-27-49(53)51-37-56-52(38-55(51)57)50-28-26-48(36-54(50)58(56,3)4)63(44-15-11-8-12-16-44)46-23-21-42(22-24-46)61-34-33-60(6)39-61/h7-39H,1-6H3/q+2. The second-order valence-electron chi connectivity index (χ2n) is 18.3. The van der Waals surface area contributed by atoms with Crippen LogP contribution in [0.3, 0.4) is 0 Å². The molecule has 7 aromatic carbocycles. The van der Waals surface area contributed by atoms with Gasteiger partial charge in [-0.1, -0.05) is 88.4 Å². The maximum absolute atomic E-state index is 2.52. The fourth-order valence-corrected chi connectivity index (χ4v) is 10.1. The minimum atomic E-state index is -0.202. The molecule has 2 aromatic heterocycles. The Hall–Kier alpha value is -7.50. The highest BCUT2D eigenvalue weighted by Crippen LogP contribution is 2.57. The molecule has 0 unspecified atom stereocenters. The quantitative estimate of drug-likeness (QED) is 0.142. The molecular weight excluding hydrogens is 767 g/mol. The summed E-state index contributed by atoms with van der Waals surface area (Å²) in [6.07, 6.45) is 10.4. The van der Waals surface area contributed by atoms with E-state index in [1.165, 1.54) is 55.6 Å². The first-order valence-electron chi connectivity index (χ1n) is 21.9. The van der Waals surface area contributed by atoms with Crippen molar-refractivity contribution in [1.82, 2.24) is 4.57 Å². The molecule has 2 heterocycles. The Morgan fingerprint density at radius 2 is 0.794 bits per heavy atom. The fraction of sp³-hybridized carbons (Fsp3) is 0.138. The summed E-state index contributed by atoms with van der Waals surface area (Å²) >= 11 is 0. The minimum absolute atomic E-state index is 0.202. The van der Waals surface area contributed by atoms with Crippen LogP contribution in [0.4, 0.5) is 34.1 Å². The van der Waals surface area contributed by atoms with Crippen LogP contribution in [0.15, 0.2) is 201 Å². The second kappa shape index (κ2) is 14.6. The Bertz CT molecular complexity index is 3160. The van der Waals surface area contributed by atoms with E-state index in [1.807, 2.05) is 7.05 Å². The summed E-state index contributed by atoms with van der Waals surface area (Å²) in [5.74, 6) is 0. The van der Waals surface area contributed by atoms with E-state index in [1.54, 1.807) is 0 Å². The van der Waals surface area contributed by atoms with Crippen LogP contribution in [0, 0.1) is 0 Å². The van der Waals surface area contributed by atoms with E-state index in [0.717, 1.165) is 39.8 Å². The van der Waals surface area contributed by atoms with E-state index in [0.29, 0.717) is 0 Å². The molecule has 0 saturated carbocycles. The molecule has 5 nitrogen and oxygen atoms in total. The van der Waals surface area contributed by atoms with Crippen molar-refractivity contribution in [2.45, 2.75) is 38.5 Å². The van der Waals surface area contributed by atoms with Crippen molar-refractivity contribution < 1.29 is 9.13 Å². The van der Waals surface area contributed by atoms with Crippen molar-refractivity contribution in [1.29, 1.82) is 0 Å². The number of aromatic nitrogens is 3. The Morgan fingerprint density at radius 1 is 0.381 bits per heavy atom. The first-order valence-corrected chi connectivity index (χ1v) is 21.9. The summed E-state index contributed by atoms with van der Waals surface area (Å²) in [6, 6.07) is 62.9. The Balaban J connectivity index is 0.959. The normalized spacial score (nSPS) is 13.8. The predicted octanol–water partition coefficient (Wildman–Crippen LogP) is 13.3. The summed E-state index contributed by atoms with van der Waals surface area (Å²) in [4.78, 5) is 4.77. The molecule has 2 aliphatic carbocycles. The molecule has 11 rings (SSSR count). The van der Waals surface area contributed by atoms with Gasteiger partial charge in [0.05, 0.1) is 7.05 Å². The van der Waals surface area contributed by atoms with E-state index in [-0.39, 0.29) is 10.8 Å². The molecule has 2 aliphatic rings. The monoisotopic (exact) mass is 817 g/mol. The SMILES string of the molecule is C[n+]1ccc(-c2ccc(N(c3ccccc3)c3ccc4c(c3)C(C)(C)c3cc5c(cc3-4)C(C)(C)c3cc(N(c4ccccc4)c4ccc(-n6cc[n+](C)c6)cc4)ccc3-5)cc2)cc1. The molecule has 0 fully saturated rings. The topological polar surface area (TPSA) is 19.2 Å². The van der Waals surface area contributed by atoms with Crippen LogP contribution in [0.25, 0.3) is 39.1 Å². The maximum atomic E-state index is 2.52. The third kappa shape index (κ3) is 6.38. The zero-order valence-electron chi connectivity index (χ0n) is 36.8. The molecule has 0 amide bonds. The fourth-order valence-electron chi connectivity index (χ4n) is 10.1. The Labute approximate surface area is 371 Å². The van der Waals surface area contributed by atoms with Gasteiger partial charge in [0.2, 0.25) is 6.33 Å². The molecule has 0 N–H and O–H groups in total. The van der Waals surface area contributed by atoms with E-state index in [4.69, 9.17) is 0 Å². The first kappa shape index (κ1) is 38.4. The largest absolute Gasteiger partial charge is 0.310 e. The number of pyridine rings is 1. The Morgan fingerprint density at radius 3 is 1.25 bits per heavy atom. The van der Waals surface area contributed by atoms with E-state index in [2.05, 4.69) is 259 Å². The predicted molar refractivity (Wildman–Crippen MR) is 258 cm³/mol. The maximum Gasteiger partial charge on any atom is 0.248 e. The number of aryl methyl sites for hydroxylation is 2. The summed E-state index contributed by atoms with van der Waals surface area (Å²) in [5, 5.41) is 0. The van der Waals surface area contributed by atoms with Gasteiger partial charge in [-0.2, -0.15) is 0 Å². The zero-order valence-corrected chi connectivity index (χ0v) is 36.8. The molecule has 0 saturated heterocycles. The number of benzene rings is 7. The summed E-state index contributed by atoms with van der Waals surface area (Å²) < 4.78 is 6.28. The third-order valence-corrected chi connectivity index (χ3v) is 13.6. The van der Waals surface area contributed by atoms with Crippen LogP contribution in [-0.2, 0) is 24.9 Å². The number of imidazole rings is 1. The number of anilines is 6. The molecule has 306 valence electrons. The van der Waals surface area contributed by atoms with Crippen LogP contribution in [0.2, 0.25) is 0 Å². The van der Waals surface area contributed by atoms with Crippen LogP contribution >= 0.6 is 0 Å². The molecule has 0 aliphatic heterocycles. The van der Waals surface area contributed by atoms with E-state index < -0.39 is 0 Å². The Kier molecular flexibility index (Phi) is 8.88. The highest BCUT2D eigenvalue weighted by atomic mass is 15.2. The van der Waals surface area contributed by atoms with E-state index in [9.17, 15) is 0 Å². The van der Waals surface area contributed by atoms with Gasteiger partial charge >= 0.3 is 0 Å².